The number of aliphatic hydroxyl groups excluding tert-OH is 1. The monoisotopic (exact) mass is 203 g/mol. The van der Waals surface area contributed by atoms with Crippen molar-refractivity contribution in [2.45, 2.75) is 45.6 Å². The number of rotatable bonds is 6. The number of aliphatic carboxylic acids is 1. The molecule has 0 aromatic rings. The van der Waals surface area contributed by atoms with Crippen LogP contribution in [0.2, 0.25) is 0 Å². The molecule has 0 saturated carbocycles. The summed E-state index contributed by atoms with van der Waals surface area (Å²) in [5.74, 6) is -0.791. The molecule has 4 nitrogen and oxygen atoms in total. The minimum atomic E-state index is -0.791. The number of nitrogens with two attached hydrogens (primary N) is 1. The fourth-order valence-electron chi connectivity index (χ4n) is 1.68. The van der Waals surface area contributed by atoms with E-state index in [0.29, 0.717) is 12.8 Å². The molecule has 0 aromatic heterocycles. The summed E-state index contributed by atoms with van der Waals surface area (Å²) in [4.78, 5) is 10.4. The van der Waals surface area contributed by atoms with Crippen molar-refractivity contribution in [1.29, 1.82) is 0 Å². The lowest BCUT2D eigenvalue weighted by molar-refractivity contribution is -0.137. The third-order valence-electron chi connectivity index (χ3n) is 2.26. The minimum absolute atomic E-state index is 0.0799. The first kappa shape index (κ1) is 13.4. The Morgan fingerprint density at radius 3 is 2.21 bits per heavy atom. The van der Waals surface area contributed by atoms with Gasteiger partial charge >= 0.3 is 5.97 Å². The first-order valence-corrected chi connectivity index (χ1v) is 4.80. The van der Waals surface area contributed by atoms with E-state index in [1.165, 1.54) is 0 Å². The molecule has 0 rings (SSSR count). The highest BCUT2D eigenvalue weighted by molar-refractivity contribution is 5.66. The van der Waals surface area contributed by atoms with E-state index in [4.69, 9.17) is 15.9 Å². The molecular weight excluding hydrogens is 182 g/mol. The normalized spacial score (nSPS) is 16.4. The van der Waals surface area contributed by atoms with Crippen LogP contribution < -0.4 is 5.73 Å². The maximum Gasteiger partial charge on any atom is 0.303 e. The predicted molar refractivity (Wildman–Crippen MR) is 54.9 cm³/mol. The fourth-order valence-corrected chi connectivity index (χ4v) is 1.68. The molecular formula is C10H21NO3. The number of carbonyl (C=O) groups is 1. The second-order valence-electron chi connectivity index (χ2n) is 5.05. The molecule has 84 valence electrons. The Morgan fingerprint density at radius 1 is 1.36 bits per heavy atom. The number of hydrogen-bond donors (Lipinski definition) is 3. The molecule has 14 heavy (non-hydrogen) atoms. The first-order valence-electron chi connectivity index (χ1n) is 4.80. The van der Waals surface area contributed by atoms with Crippen LogP contribution in [0.4, 0.5) is 0 Å². The van der Waals surface area contributed by atoms with Crippen molar-refractivity contribution in [1.82, 2.24) is 0 Å². The van der Waals surface area contributed by atoms with Gasteiger partial charge in [-0.25, -0.2) is 0 Å². The molecule has 0 radical (unpaired) electrons. The largest absolute Gasteiger partial charge is 0.481 e. The van der Waals surface area contributed by atoms with Gasteiger partial charge in [-0.15, -0.1) is 0 Å². The molecule has 0 spiro atoms. The zero-order chi connectivity index (χ0) is 11.4. The van der Waals surface area contributed by atoms with Crippen LogP contribution in [-0.2, 0) is 4.79 Å². The van der Waals surface area contributed by atoms with Gasteiger partial charge in [0.1, 0.15) is 0 Å². The average Bonchev–Trinajstić information content (AvgIpc) is 1.99. The highest BCUT2D eigenvalue weighted by Gasteiger charge is 2.28. The molecule has 0 aliphatic heterocycles. The van der Waals surface area contributed by atoms with Crippen LogP contribution in [0.5, 0.6) is 0 Å². The Labute approximate surface area is 85.1 Å². The van der Waals surface area contributed by atoms with Crippen LogP contribution in [0.15, 0.2) is 0 Å². The van der Waals surface area contributed by atoms with Gasteiger partial charge in [0.2, 0.25) is 0 Å². The van der Waals surface area contributed by atoms with Gasteiger partial charge in [0.05, 0.1) is 6.61 Å². The molecule has 0 bridgehead atoms. The Hall–Kier alpha value is -0.610. The number of aliphatic hydroxyl groups is 1. The van der Waals surface area contributed by atoms with E-state index in [9.17, 15) is 4.79 Å². The SMILES string of the molecule is CC(C)(CCC(=O)O)CC(C)(N)CO. The number of hydrogen-bond acceptors (Lipinski definition) is 3. The highest BCUT2D eigenvalue weighted by atomic mass is 16.4. The summed E-state index contributed by atoms with van der Waals surface area (Å²) in [5, 5.41) is 17.5. The van der Waals surface area contributed by atoms with Crippen LogP contribution >= 0.6 is 0 Å². The Balaban J connectivity index is 4.12. The summed E-state index contributed by atoms with van der Waals surface area (Å²) in [6.45, 7) is 5.63. The van der Waals surface area contributed by atoms with Crippen molar-refractivity contribution in [3.8, 4) is 0 Å². The Kier molecular flexibility index (Phi) is 4.55. The summed E-state index contributed by atoms with van der Waals surface area (Å²) in [6, 6.07) is 0. The van der Waals surface area contributed by atoms with E-state index in [1.54, 1.807) is 6.92 Å². The lowest BCUT2D eigenvalue weighted by Crippen LogP contribution is -2.44. The smallest absolute Gasteiger partial charge is 0.303 e. The van der Waals surface area contributed by atoms with Crippen LogP contribution in [0.1, 0.15) is 40.0 Å². The van der Waals surface area contributed by atoms with Crippen LogP contribution in [0.25, 0.3) is 0 Å². The van der Waals surface area contributed by atoms with Gasteiger partial charge in [-0.1, -0.05) is 13.8 Å². The molecule has 4 N–H and O–H groups in total. The standard InChI is InChI=1S/C10H21NO3/c1-9(2,5-4-8(13)14)6-10(3,11)7-12/h12H,4-7,11H2,1-3H3,(H,13,14). The van der Waals surface area contributed by atoms with Crippen molar-refractivity contribution < 1.29 is 15.0 Å². The van der Waals surface area contributed by atoms with Crippen molar-refractivity contribution >= 4 is 5.97 Å². The molecule has 0 aromatic carbocycles. The van der Waals surface area contributed by atoms with E-state index in [1.807, 2.05) is 13.8 Å². The number of carboxylic acids is 1. The van der Waals surface area contributed by atoms with E-state index >= 15 is 0 Å². The molecule has 0 aliphatic rings. The highest BCUT2D eigenvalue weighted by Crippen LogP contribution is 2.31. The second-order valence-corrected chi connectivity index (χ2v) is 5.05. The van der Waals surface area contributed by atoms with Gasteiger partial charge in [-0.2, -0.15) is 0 Å². The maximum atomic E-state index is 10.4. The second kappa shape index (κ2) is 4.75. The minimum Gasteiger partial charge on any atom is -0.481 e. The number of carboxylic acid groups (broad SMARTS) is 1. The third-order valence-corrected chi connectivity index (χ3v) is 2.26. The van der Waals surface area contributed by atoms with Crippen LogP contribution in [0, 0.1) is 5.41 Å². The first-order chi connectivity index (χ1) is 6.18. The van der Waals surface area contributed by atoms with Crippen molar-refractivity contribution in [2.75, 3.05) is 6.61 Å². The molecule has 0 heterocycles. The summed E-state index contributed by atoms with van der Waals surface area (Å²) >= 11 is 0. The van der Waals surface area contributed by atoms with E-state index in [-0.39, 0.29) is 18.4 Å². The van der Waals surface area contributed by atoms with Gasteiger partial charge in [0.15, 0.2) is 0 Å². The van der Waals surface area contributed by atoms with Gasteiger partial charge in [-0.05, 0) is 25.2 Å². The topological polar surface area (TPSA) is 83.5 Å². The quantitative estimate of drug-likeness (QED) is 0.600. The van der Waals surface area contributed by atoms with Gasteiger partial charge in [-0.3, -0.25) is 4.79 Å². The molecule has 0 fully saturated rings. The van der Waals surface area contributed by atoms with Gasteiger partial charge in [0.25, 0.3) is 0 Å². The maximum absolute atomic E-state index is 10.4. The fraction of sp³-hybridized carbons (Fsp3) is 0.900. The van der Waals surface area contributed by atoms with Gasteiger partial charge in [0, 0.05) is 12.0 Å². The molecule has 1 atom stereocenters. The van der Waals surface area contributed by atoms with E-state index < -0.39 is 11.5 Å². The van der Waals surface area contributed by atoms with Crippen molar-refractivity contribution in [3.05, 3.63) is 0 Å². The summed E-state index contributed by atoms with van der Waals surface area (Å²) in [5.41, 5.74) is 5.04. The summed E-state index contributed by atoms with van der Waals surface area (Å²) in [7, 11) is 0. The Bertz CT molecular complexity index is 200. The predicted octanol–water partition coefficient (Wildman–Crippen LogP) is 0.977. The van der Waals surface area contributed by atoms with Crippen LogP contribution in [-0.4, -0.2) is 28.3 Å². The molecule has 1 unspecified atom stereocenters. The summed E-state index contributed by atoms with van der Waals surface area (Å²) < 4.78 is 0. The van der Waals surface area contributed by atoms with E-state index in [2.05, 4.69) is 0 Å². The van der Waals surface area contributed by atoms with E-state index in [0.717, 1.165) is 0 Å². The third kappa shape index (κ3) is 5.94. The lowest BCUT2D eigenvalue weighted by atomic mass is 9.77. The lowest BCUT2D eigenvalue weighted by Gasteiger charge is -2.33. The zero-order valence-corrected chi connectivity index (χ0v) is 9.21. The zero-order valence-electron chi connectivity index (χ0n) is 9.21. The average molecular weight is 203 g/mol. The van der Waals surface area contributed by atoms with Crippen molar-refractivity contribution in [3.63, 3.8) is 0 Å². The van der Waals surface area contributed by atoms with Crippen molar-refractivity contribution in [2.24, 2.45) is 11.1 Å². The summed E-state index contributed by atoms with van der Waals surface area (Å²) in [6.07, 6.45) is 1.34. The Morgan fingerprint density at radius 2 is 1.86 bits per heavy atom. The molecule has 0 saturated heterocycles. The van der Waals surface area contributed by atoms with Crippen LogP contribution in [0.3, 0.4) is 0 Å². The molecule has 4 heteroatoms. The van der Waals surface area contributed by atoms with Gasteiger partial charge < -0.3 is 15.9 Å². The molecule has 0 aliphatic carbocycles. The molecule has 0 amide bonds.